The third-order valence-corrected chi connectivity index (χ3v) is 7.49. The van der Waals surface area contributed by atoms with E-state index in [0.717, 1.165) is 84.4 Å². The second-order valence-corrected chi connectivity index (χ2v) is 9.45. The van der Waals surface area contributed by atoms with Gasteiger partial charge in [0.2, 0.25) is 5.91 Å². The minimum Gasteiger partial charge on any atom is -0.381 e. The molecule has 2 aliphatic heterocycles. The summed E-state index contributed by atoms with van der Waals surface area (Å²) in [7, 11) is 0. The van der Waals surface area contributed by atoms with E-state index in [1.807, 2.05) is 30.3 Å². The molecule has 2 aromatic heterocycles. The van der Waals surface area contributed by atoms with Crippen LogP contribution in [0, 0.1) is 0 Å². The van der Waals surface area contributed by atoms with Gasteiger partial charge in [0.1, 0.15) is 11.9 Å². The second-order valence-electron chi connectivity index (χ2n) is 8.47. The molecule has 0 radical (unpaired) electrons. The summed E-state index contributed by atoms with van der Waals surface area (Å²) in [6.07, 6.45) is 4.59. The maximum Gasteiger partial charge on any atom is 0.243 e. The molecule has 5 rings (SSSR count). The van der Waals surface area contributed by atoms with Crippen molar-refractivity contribution in [1.29, 1.82) is 0 Å². The van der Waals surface area contributed by atoms with Gasteiger partial charge in [-0.3, -0.25) is 4.79 Å². The molecule has 0 spiro atoms. The molecule has 168 valence electrons. The monoisotopic (exact) mass is 451 g/mol. The highest BCUT2D eigenvalue weighted by Crippen LogP contribution is 2.35. The van der Waals surface area contributed by atoms with Crippen molar-refractivity contribution in [1.82, 2.24) is 20.3 Å². The first-order valence-electron chi connectivity index (χ1n) is 11.6. The van der Waals surface area contributed by atoms with Crippen molar-refractivity contribution in [2.24, 2.45) is 0 Å². The van der Waals surface area contributed by atoms with Crippen molar-refractivity contribution < 1.29 is 9.53 Å². The van der Waals surface area contributed by atoms with E-state index in [-0.39, 0.29) is 11.9 Å². The summed E-state index contributed by atoms with van der Waals surface area (Å²) in [5.74, 6) is 1.30. The van der Waals surface area contributed by atoms with Crippen LogP contribution < -0.4 is 10.2 Å². The van der Waals surface area contributed by atoms with Gasteiger partial charge in [0.15, 0.2) is 10.8 Å². The van der Waals surface area contributed by atoms with E-state index < -0.39 is 0 Å². The van der Waals surface area contributed by atoms with Crippen LogP contribution in [0.1, 0.15) is 55.6 Å². The summed E-state index contributed by atoms with van der Waals surface area (Å²) < 4.78 is 6.56. The number of hydrogen-bond acceptors (Lipinski definition) is 7. The highest BCUT2D eigenvalue weighted by Gasteiger charge is 2.33. The van der Waals surface area contributed by atoms with Crippen LogP contribution in [-0.4, -0.2) is 46.7 Å². The molecule has 2 fully saturated rings. The van der Waals surface area contributed by atoms with Gasteiger partial charge in [0, 0.05) is 32.2 Å². The van der Waals surface area contributed by atoms with Crippen molar-refractivity contribution in [3.8, 4) is 0 Å². The normalized spacial score (nSPS) is 19.5. The average Bonchev–Trinajstić information content (AvgIpc) is 3.50. The van der Waals surface area contributed by atoms with Gasteiger partial charge in [-0.15, -0.1) is 0 Å². The van der Waals surface area contributed by atoms with Gasteiger partial charge in [0.05, 0.1) is 10.4 Å². The van der Waals surface area contributed by atoms with Crippen LogP contribution in [0.5, 0.6) is 0 Å². The summed E-state index contributed by atoms with van der Waals surface area (Å²) in [6, 6.07) is 9.84. The Morgan fingerprint density at radius 1 is 1.16 bits per heavy atom. The number of hydrogen-bond donors (Lipinski definition) is 1. The fourth-order valence-corrected chi connectivity index (χ4v) is 5.70. The summed E-state index contributed by atoms with van der Waals surface area (Å²) in [5.41, 5.74) is 2.94. The molecule has 0 bridgehead atoms. The van der Waals surface area contributed by atoms with Crippen LogP contribution in [0.2, 0.25) is 0 Å². The summed E-state index contributed by atoms with van der Waals surface area (Å²) >= 11 is 1.62. The molecule has 1 N–H and O–H groups in total. The lowest BCUT2D eigenvalue weighted by molar-refractivity contribution is -0.122. The van der Waals surface area contributed by atoms with Crippen LogP contribution in [0.3, 0.4) is 0 Å². The molecule has 4 heterocycles. The minimum absolute atomic E-state index is 0.0651. The quantitative estimate of drug-likeness (QED) is 0.614. The van der Waals surface area contributed by atoms with Crippen LogP contribution in [-0.2, 0) is 22.5 Å². The number of amides is 1. The SMILES string of the molecule is CCc1nc(C2CCOCC2)nc2nc(N3CCC[C@@H]3C(=O)NCc3ccccc3)sc12. The Morgan fingerprint density at radius 2 is 1.97 bits per heavy atom. The molecular formula is C24H29N5O2S. The first-order chi connectivity index (χ1) is 15.7. The van der Waals surface area contributed by atoms with Gasteiger partial charge < -0.3 is 15.0 Å². The third kappa shape index (κ3) is 4.34. The van der Waals surface area contributed by atoms with Gasteiger partial charge in [0.25, 0.3) is 0 Å². The number of anilines is 1. The fraction of sp³-hybridized carbons (Fsp3) is 0.500. The number of thiazole rings is 1. The number of fused-ring (bicyclic) bond motifs is 1. The van der Waals surface area contributed by atoms with Crippen LogP contribution in [0.15, 0.2) is 30.3 Å². The zero-order valence-corrected chi connectivity index (χ0v) is 19.2. The predicted octanol–water partition coefficient (Wildman–Crippen LogP) is 3.83. The Morgan fingerprint density at radius 3 is 2.75 bits per heavy atom. The minimum atomic E-state index is -0.188. The zero-order valence-electron chi connectivity index (χ0n) is 18.4. The Labute approximate surface area is 192 Å². The zero-order chi connectivity index (χ0) is 21.9. The van der Waals surface area contributed by atoms with Crippen LogP contribution >= 0.6 is 11.3 Å². The first-order valence-corrected chi connectivity index (χ1v) is 12.4. The lowest BCUT2D eigenvalue weighted by Gasteiger charge is -2.23. The van der Waals surface area contributed by atoms with Gasteiger partial charge >= 0.3 is 0 Å². The lowest BCUT2D eigenvalue weighted by atomic mass is 9.99. The number of nitrogens with one attached hydrogen (secondary N) is 1. The number of carbonyl (C=O) groups excluding carboxylic acids is 1. The molecule has 0 aliphatic carbocycles. The summed E-state index contributed by atoms with van der Waals surface area (Å²) in [5, 5.41) is 3.99. The molecule has 1 aromatic carbocycles. The number of aromatic nitrogens is 3. The van der Waals surface area contributed by atoms with E-state index in [1.165, 1.54) is 0 Å². The van der Waals surface area contributed by atoms with Crippen LogP contribution in [0.4, 0.5) is 5.13 Å². The third-order valence-electron chi connectivity index (χ3n) is 6.36. The number of rotatable bonds is 6. The van der Waals surface area contributed by atoms with Gasteiger partial charge in [-0.1, -0.05) is 48.6 Å². The molecule has 0 unspecified atom stereocenters. The Kier molecular flexibility index (Phi) is 6.32. The standard InChI is InChI=1S/C24H29N5O2S/c1-2-18-20-22(27-21(26-18)17-10-13-31-14-11-17)28-24(32-20)29-12-6-9-19(29)23(30)25-15-16-7-4-3-5-8-16/h3-5,7-8,17,19H,2,6,9-15H2,1H3,(H,25,30)/t19-/m1/s1. The van der Waals surface area contributed by atoms with Crippen molar-refractivity contribution in [3.05, 3.63) is 47.4 Å². The van der Waals surface area contributed by atoms with Gasteiger partial charge in [-0.25, -0.2) is 9.97 Å². The van der Waals surface area contributed by atoms with Gasteiger partial charge in [-0.05, 0) is 37.7 Å². The largest absolute Gasteiger partial charge is 0.381 e. The first kappa shape index (κ1) is 21.3. The molecule has 2 saturated heterocycles. The highest BCUT2D eigenvalue weighted by molar-refractivity contribution is 7.22. The van der Waals surface area contributed by atoms with Crippen molar-refractivity contribution in [2.45, 2.75) is 57.5 Å². The molecule has 0 saturated carbocycles. The Bertz CT molecular complexity index is 1080. The Balaban J connectivity index is 1.37. The number of nitrogens with zero attached hydrogens (tertiary/aromatic N) is 4. The number of benzene rings is 1. The van der Waals surface area contributed by atoms with E-state index in [4.69, 9.17) is 19.7 Å². The summed E-state index contributed by atoms with van der Waals surface area (Å²) in [6.45, 7) is 5.05. The Hall–Kier alpha value is -2.58. The van der Waals surface area contributed by atoms with Crippen molar-refractivity contribution in [2.75, 3.05) is 24.7 Å². The lowest BCUT2D eigenvalue weighted by Crippen LogP contribution is -2.43. The van der Waals surface area contributed by atoms with E-state index in [9.17, 15) is 4.79 Å². The highest BCUT2D eigenvalue weighted by atomic mass is 32.1. The topological polar surface area (TPSA) is 80.2 Å². The van der Waals surface area contributed by atoms with E-state index in [1.54, 1.807) is 11.3 Å². The number of aryl methyl sites for hydroxylation is 1. The predicted molar refractivity (Wildman–Crippen MR) is 126 cm³/mol. The maximum atomic E-state index is 13.0. The molecule has 3 aromatic rings. The molecule has 32 heavy (non-hydrogen) atoms. The van der Waals surface area contributed by atoms with E-state index in [0.29, 0.717) is 12.5 Å². The van der Waals surface area contributed by atoms with Crippen molar-refractivity contribution >= 4 is 32.7 Å². The molecule has 7 nitrogen and oxygen atoms in total. The van der Waals surface area contributed by atoms with Crippen LogP contribution in [0.25, 0.3) is 10.3 Å². The molecule has 2 aliphatic rings. The molecule has 8 heteroatoms. The summed E-state index contributed by atoms with van der Waals surface area (Å²) in [4.78, 5) is 29.8. The average molecular weight is 452 g/mol. The smallest absolute Gasteiger partial charge is 0.243 e. The maximum absolute atomic E-state index is 13.0. The van der Waals surface area contributed by atoms with Crippen molar-refractivity contribution in [3.63, 3.8) is 0 Å². The second kappa shape index (κ2) is 9.50. The van der Waals surface area contributed by atoms with E-state index >= 15 is 0 Å². The number of carbonyl (C=O) groups is 1. The fourth-order valence-electron chi connectivity index (χ4n) is 4.56. The molecule has 1 atom stereocenters. The number of ether oxygens (including phenoxy) is 1. The van der Waals surface area contributed by atoms with E-state index in [2.05, 4.69) is 17.1 Å². The molecule has 1 amide bonds. The molecular weight excluding hydrogens is 422 g/mol. The van der Waals surface area contributed by atoms with Gasteiger partial charge in [-0.2, -0.15) is 4.98 Å².